The molecule has 2 aromatic rings. The van der Waals surface area contributed by atoms with Crippen LogP contribution in [0.5, 0.6) is 11.5 Å². The second-order valence-corrected chi connectivity index (χ2v) is 7.09. The molecule has 2 aromatic carbocycles. The van der Waals surface area contributed by atoms with Gasteiger partial charge in [-0.1, -0.05) is 6.07 Å². The molecule has 1 N–H and O–H groups in total. The highest BCUT2D eigenvalue weighted by molar-refractivity contribution is 7.89. The Morgan fingerprint density at radius 2 is 1.76 bits per heavy atom. The first-order chi connectivity index (χ1) is 12.0. The lowest BCUT2D eigenvalue weighted by atomic mass is 10.2. The SMILES string of the molecule is COC(=O)c1ccc(S(=O)(=O)NCc2ccc3c(c2)OCCO3)cc1. The molecule has 132 valence electrons. The van der Waals surface area contributed by atoms with Gasteiger partial charge >= 0.3 is 5.97 Å². The lowest BCUT2D eigenvalue weighted by Gasteiger charge is -2.19. The van der Waals surface area contributed by atoms with Gasteiger partial charge in [0.05, 0.1) is 17.6 Å². The molecule has 1 heterocycles. The summed E-state index contributed by atoms with van der Waals surface area (Å²) in [5.41, 5.74) is 1.03. The van der Waals surface area contributed by atoms with Gasteiger partial charge < -0.3 is 14.2 Å². The van der Waals surface area contributed by atoms with Crippen LogP contribution in [0.1, 0.15) is 15.9 Å². The summed E-state index contributed by atoms with van der Waals surface area (Å²) in [5, 5.41) is 0. The molecular formula is C17H17NO6S. The standard InChI is InChI=1S/C17H17NO6S/c1-22-17(19)13-3-5-14(6-4-13)25(20,21)18-11-12-2-7-15-16(10-12)24-9-8-23-15/h2-7,10,18H,8-9,11H2,1H3. The van der Waals surface area contributed by atoms with Crippen molar-refractivity contribution < 1.29 is 27.4 Å². The number of rotatable bonds is 5. The van der Waals surface area contributed by atoms with E-state index in [1.54, 1.807) is 18.2 Å². The molecule has 0 amide bonds. The maximum atomic E-state index is 12.4. The molecule has 7 nitrogen and oxygen atoms in total. The van der Waals surface area contributed by atoms with Gasteiger partial charge in [0.2, 0.25) is 10.0 Å². The summed E-state index contributed by atoms with van der Waals surface area (Å²) in [6, 6.07) is 10.8. The van der Waals surface area contributed by atoms with Crippen LogP contribution in [-0.4, -0.2) is 34.7 Å². The fourth-order valence-electron chi connectivity index (χ4n) is 2.35. The molecule has 1 aliphatic heterocycles. The number of benzene rings is 2. The zero-order chi connectivity index (χ0) is 17.9. The Balaban J connectivity index is 1.70. The van der Waals surface area contributed by atoms with Crippen LogP contribution in [0.2, 0.25) is 0 Å². The molecule has 0 fully saturated rings. The van der Waals surface area contributed by atoms with Gasteiger partial charge in [0.25, 0.3) is 0 Å². The van der Waals surface area contributed by atoms with Crippen molar-refractivity contribution in [2.75, 3.05) is 20.3 Å². The second kappa shape index (κ2) is 7.12. The Morgan fingerprint density at radius 1 is 1.08 bits per heavy atom. The van der Waals surface area contributed by atoms with Crippen LogP contribution < -0.4 is 14.2 Å². The highest BCUT2D eigenvalue weighted by Gasteiger charge is 2.16. The van der Waals surface area contributed by atoms with Crippen LogP contribution in [-0.2, 0) is 21.3 Å². The summed E-state index contributed by atoms with van der Waals surface area (Å²) >= 11 is 0. The number of hydrogen-bond acceptors (Lipinski definition) is 6. The van der Waals surface area contributed by atoms with Crippen molar-refractivity contribution in [3.63, 3.8) is 0 Å². The van der Waals surface area contributed by atoms with Gasteiger partial charge in [0.1, 0.15) is 13.2 Å². The fraction of sp³-hybridized carbons (Fsp3) is 0.235. The van der Waals surface area contributed by atoms with E-state index in [1.165, 1.54) is 31.4 Å². The van der Waals surface area contributed by atoms with Crippen molar-refractivity contribution in [2.24, 2.45) is 0 Å². The van der Waals surface area contributed by atoms with Crippen molar-refractivity contribution in [2.45, 2.75) is 11.4 Å². The average Bonchev–Trinajstić information content (AvgIpc) is 2.65. The normalized spacial score (nSPS) is 13.3. The zero-order valence-corrected chi connectivity index (χ0v) is 14.3. The number of sulfonamides is 1. The Kier molecular flexibility index (Phi) is 4.91. The lowest BCUT2D eigenvalue weighted by Crippen LogP contribution is -2.23. The van der Waals surface area contributed by atoms with E-state index in [0.29, 0.717) is 24.7 Å². The van der Waals surface area contributed by atoms with E-state index in [1.807, 2.05) is 0 Å². The minimum Gasteiger partial charge on any atom is -0.486 e. The molecule has 0 saturated heterocycles. The lowest BCUT2D eigenvalue weighted by molar-refractivity contribution is 0.0600. The zero-order valence-electron chi connectivity index (χ0n) is 13.5. The topological polar surface area (TPSA) is 90.9 Å². The Morgan fingerprint density at radius 3 is 2.44 bits per heavy atom. The van der Waals surface area contributed by atoms with E-state index in [2.05, 4.69) is 9.46 Å². The van der Waals surface area contributed by atoms with Gasteiger partial charge in [-0.2, -0.15) is 0 Å². The number of nitrogens with one attached hydrogen (secondary N) is 1. The Bertz CT molecular complexity index is 877. The molecule has 0 aromatic heterocycles. The summed E-state index contributed by atoms with van der Waals surface area (Å²) in [6.07, 6.45) is 0. The number of fused-ring (bicyclic) bond motifs is 1. The molecule has 25 heavy (non-hydrogen) atoms. The number of carbonyl (C=O) groups excluding carboxylic acids is 1. The molecule has 0 aliphatic carbocycles. The van der Waals surface area contributed by atoms with Crippen LogP contribution in [0.25, 0.3) is 0 Å². The van der Waals surface area contributed by atoms with Crippen molar-refractivity contribution >= 4 is 16.0 Å². The van der Waals surface area contributed by atoms with Crippen LogP contribution in [0.15, 0.2) is 47.4 Å². The Hall–Kier alpha value is -2.58. The summed E-state index contributed by atoms with van der Waals surface area (Å²) in [4.78, 5) is 11.5. The molecular weight excluding hydrogens is 346 g/mol. The minimum atomic E-state index is -3.70. The van der Waals surface area contributed by atoms with Gasteiger partial charge in [-0.05, 0) is 42.0 Å². The highest BCUT2D eigenvalue weighted by Crippen LogP contribution is 2.30. The first kappa shape index (κ1) is 17.2. The van der Waals surface area contributed by atoms with Gasteiger partial charge in [-0.15, -0.1) is 0 Å². The molecule has 0 radical (unpaired) electrons. The predicted octanol–water partition coefficient (Wildman–Crippen LogP) is 1.72. The number of carbonyl (C=O) groups is 1. The van der Waals surface area contributed by atoms with E-state index in [0.717, 1.165) is 5.56 Å². The third kappa shape index (κ3) is 3.92. The van der Waals surface area contributed by atoms with Crippen molar-refractivity contribution in [1.82, 2.24) is 4.72 Å². The fourth-order valence-corrected chi connectivity index (χ4v) is 3.37. The number of esters is 1. The Labute approximate surface area is 145 Å². The molecule has 0 atom stereocenters. The van der Waals surface area contributed by atoms with Crippen molar-refractivity contribution in [3.8, 4) is 11.5 Å². The summed E-state index contributed by atoms with van der Waals surface area (Å²) in [5.74, 6) is 0.731. The quantitative estimate of drug-likeness (QED) is 0.814. The van der Waals surface area contributed by atoms with Crippen molar-refractivity contribution in [3.05, 3.63) is 53.6 Å². The minimum absolute atomic E-state index is 0.0673. The van der Waals surface area contributed by atoms with Crippen LogP contribution in [0.3, 0.4) is 0 Å². The predicted molar refractivity (Wildman–Crippen MR) is 89.2 cm³/mol. The molecule has 0 unspecified atom stereocenters. The highest BCUT2D eigenvalue weighted by atomic mass is 32.2. The summed E-state index contributed by atoms with van der Waals surface area (Å²) < 4.78 is 42.7. The van der Waals surface area contributed by atoms with E-state index < -0.39 is 16.0 Å². The van der Waals surface area contributed by atoms with Gasteiger partial charge in [0.15, 0.2) is 11.5 Å². The molecule has 8 heteroatoms. The second-order valence-electron chi connectivity index (χ2n) is 5.32. The third-order valence-electron chi connectivity index (χ3n) is 3.66. The van der Waals surface area contributed by atoms with Crippen LogP contribution in [0, 0.1) is 0 Å². The smallest absolute Gasteiger partial charge is 0.337 e. The first-order valence-corrected chi connectivity index (χ1v) is 9.04. The largest absolute Gasteiger partial charge is 0.486 e. The van der Waals surface area contributed by atoms with E-state index in [4.69, 9.17) is 9.47 Å². The van der Waals surface area contributed by atoms with Gasteiger partial charge in [-0.25, -0.2) is 17.9 Å². The first-order valence-electron chi connectivity index (χ1n) is 7.56. The molecule has 3 rings (SSSR count). The third-order valence-corrected chi connectivity index (χ3v) is 5.08. The maximum absolute atomic E-state index is 12.4. The monoisotopic (exact) mass is 363 g/mol. The number of hydrogen-bond donors (Lipinski definition) is 1. The molecule has 0 spiro atoms. The number of methoxy groups -OCH3 is 1. The van der Waals surface area contributed by atoms with Gasteiger partial charge in [0, 0.05) is 6.54 Å². The maximum Gasteiger partial charge on any atom is 0.337 e. The van der Waals surface area contributed by atoms with Crippen LogP contribution in [0.4, 0.5) is 0 Å². The van der Waals surface area contributed by atoms with E-state index >= 15 is 0 Å². The summed E-state index contributed by atoms with van der Waals surface area (Å²) in [7, 11) is -2.44. The number of ether oxygens (including phenoxy) is 3. The van der Waals surface area contributed by atoms with Crippen LogP contribution >= 0.6 is 0 Å². The molecule has 0 bridgehead atoms. The van der Waals surface area contributed by atoms with E-state index in [-0.39, 0.29) is 17.0 Å². The summed E-state index contributed by atoms with van der Waals surface area (Å²) in [6.45, 7) is 1.08. The molecule has 0 saturated carbocycles. The average molecular weight is 363 g/mol. The van der Waals surface area contributed by atoms with E-state index in [9.17, 15) is 13.2 Å². The van der Waals surface area contributed by atoms with Crippen molar-refractivity contribution in [1.29, 1.82) is 0 Å². The van der Waals surface area contributed by atoms with Gasteiger partial charge in [-0.3, -0.25) is 0 Å². The molecule has 1 aliphatic rings.